The van der Waals surface area contributed by atoms with Crippen LogP contribution in [0.1, 0.15) is 28.3 Å². The molecule has 0 aliphatic carbocycles. The van der Waals surface area contributed by atoms with Crippen molar-refractivity contribution >= 4 is 17.2 Å². The Morgan fingerprint density at radius 1 is 1.67 bits per heavy atom. The molecule has 0 bridgehead atoms. The van der Waals surface area contributed by atoms with Crippen molar-refractivity contribution in [1.29, 1.82) is 0 Å². The number of hydrogen-bond donors (Lipinski definition) is 1. The van der Waals surface area contributed by atoms with Gasteiger partial charge in [0.15, 0.2) is 0 Å². The summed E-state index contributed by atoms with van der Waals surface area (Å²) in [7, 11) is 4.08. The number of likely N-dealkylation sites (N-methyl/N-ethyl adjacent to an activating group) is 1. The van der Waals surface area contributed by atoms with E-state index < -0.39 is 0 Å². The largest absolute Gasteiger partial charge is 0.333 e. The molecule has 1 aromatic heterocycles. The van der Waals surface area contributed by atoms with Gasteiger partial charge in [-0.25, -0.2) is 4.98 Å². The van der Waals surface area contributed by atoms with Crippen LogP contribution in [0.2, 0.25) is 0 Å². The highest BCUT2D eigenvalue weighted by Gasteiger charge is 2.30. The minimum Gasteiger partial charge on any atom is -0.333 e. The van der Waals surface area contributed by atoms with Gasteiger partial charge < -0.3 is 15.5 Å². The van der Waals surface area contributed by atoms with E-state index in [4.69, 9.17) is 5.73 Å². The van der Waals surface area contributed by atoms with E-state index in [0.717, 1.165) is 30.9 Å². The fourth-order valence-electron chi connectivity index (χ4n) is 2.36. The number of carbonyl (C=O) groups excluding carboxylic acids is 1. The van der Waals surface area contributed by atoms with Crippen LogP contribution in [0, 0.1) is 0 Å². The molecule has 1 atom stereocenters. The van der Waals surface area contributed by atoms with Crippen LogP contribution in [-0.4, -0.2) is 53.9 Å². The molecule has 6 heteroatoms. The number of nitrogens with two attached hydrogens (primary N) is 1. The molecular formula is C12H20N4OS. The second kappa shape index (κ2) is 5.77. The Bertz CT molecular complexity index is 418. The summed E-state index contributed by atoms with van der Waals surface area (Å²) in [6, 6.07) is 0.315. The second-order valence-corrected chi connectivity index (χ2v) is 5.83. The number of carbonyl (C=O) groups is 1. The second-order valence-electron chi connectivity index (χ2n) is 4.89. The van der Waals surface area contributed by atoms with Crippen molar-refractivity contribution in [1.82, 2.24) is 14.8 Å². The van der Waals surface area contributed by atoms with Crippen molar-refractivity contribution in [2.75, 3.05) is 27.2 Å². The van der Waals surface area contributed by atoms with Gasteiger partial charge in [0.25, 0.3) is 5.91 Å². The van der Waals surface area contributed by atoms with Crippen LogP contribution in [-0.2, 0) is 6.54 Å². The van der Waals surface area contributed by atoms with Crippen LogP contribution < -0.4 is 5.73 Å². The normalized spacial score (nSPS) is 19.8. The fourth-order valence-corrected chi connectivity index (χ4v) is 3.01. The predicted molar refractivity (Wildman–Crippen MR) is 72.6 cm³/mol. The van der Waals surface area contributed by atoms with Gasteiger partial charge in [0.1, 0.15) is 10.7 Å². The molecule has 100 valence electrons. The van der Waals surface area contributed by atoms with Crippen molar-refractivity contribution < 1.29 is 4.79 Å². The van der Waals surface area contributed by atoms with Crippen LogP contribution in [0.5, 0.6) is 0 Å². The zero-order valence-corrected chi connectivity index (χ0v) is 11.7. The highest BCUT2D eigenvalue weighted by Crippen LogP contribution is 2.21. The first-order valence-electron chi connectivity index (χ1n) is 6.22. The Kier molecular flexibility index (Phi) is 4.31. The molecule has 0 saturated carbocycles. The topological polar surface area (TPSA) is 62.5 Å². The Hall–Kier alpha value is -0.980. The zero-order valence-electron chi connectivity index (χ0n) is 10.9. The SMILES string of the molecule is CN(C)CC1CCCN1C(=O)c1csc(CN)n1. The van der Waals surface area contributed by atoms with E-state index in [1.807, 2.05) is 24.4 Å². The van der Waals surface area contributed by atoms with Crippen LogP contribution in [0.25, 0.3) is 0 Å². The predicted octanol–water partition coefficient (Wildman–Crippen LogP) is 0.768. The average Bonchev–Trinajstić information content (AvgIpc) is 2.95. The number of amides is 1. The minimum absolute atomic E-state index is 0.0512. The smallest absolute Gasteiger partial charge is 0.273 e. The molecule has 2 heterocycles. The number of hydrogen-bond acceptors (Lipinski definition) is 5. The quantitative estimate of drug-likeness (QED) is 0.876. The van der Waals surface area contributed by atoms with E-state index >= 15 is 0 Å². The maximum atomic E-state index is 12.4. The standard InChI is InChI=1S/C12H20N4OS/c1-15(2)7-9-4-3-5-16(9)12(17)10-8-18-11(6-13)14-10/h8-9H,3-7,13H2,1-2H3. The van der Waals surface area contributed by atoms with Crippen LogP contribution in [0.4, 0.5) is 0 Å². The van der Waals surface area contributed by atoms with Gasteiger partial charge in [-0.1, -0.05) is 0 Å². The number of thiazole rings is 1. The summed E-state index contributed by atoms with van der Waals surface area (Å²) in [5.74, 6) is 0.0512. The Morgan fingerprint density at radius 3 is 3.06 bits per heavy atom. The molecule has 0 spiro atoms. The zero-order chi connectivity index (χ0) is 13.1. The number of rotatable bonds is 4. The molecular weight excluding hydrogens is 248 g/mol. The lowest BCUT2D eigenvalue weighted by atomic mass is 10.2. The summed E-state index contributed by atoms with van der Waals surface area (Å²) < 4.78 is 0. The molecule has 0 radical (unpaired) electrons. The van der Waals surface area contributed by atoms with Crippen LogP contribution >= 0.6 is 11.3 Å². The molecule has 1 aromatic rings. The van der Waals surface area contributed by atoms with Gasteiger partial charge in [0.2, 0.25) is 0 Å². The molecule has 1 amide bonds. The van der Waals surface area contributed by atoms with Crippen molar-refractivity contribution in [3.05, 3.63) is 16.1 Å². The minimum atomic E-state index is 0.0512. The molecule has 2 rings (SSSR count). The van der Waals surface area contributed by atoms with Crippen LogP contribution in [0.3, 0.4) is 0 Å². The maximum Gasteiger partial charge on any atom is 0.273 e. The summed E-state index contributed by atoms with van der Waals surface area (Å²) in [6.45, 7) is 2.16. The van der Waals surface area contributed by atoms with E-state index in [2.05, 4.69) is 9.88 Å². The summed E-state index contributed by atoms with van der Waals surface area (Å²) in [6.07, 6.45) is 2.16. The van der Waals surface area contributed by atoms with E-state index in [9.17, 15) is 4.79 Å². The third-order valence-corrected chi connectivity index (χ3v) is 4.03. The number of nitrogens with zero attached hydrogens (tertiary/aromatic N) is 3. The molecule has 18 heavy (non-hydrogen) atoms. The first kappa shape index (κ1) is 13.5. The third-order valence-electron chi connectivity index (χ3n) is 3.16. The highest BCUT2D eigenvalue weighted by atomic mass is 32.1. The van der Waals surface area contributed by atoms with Gasteiger partial charge in [0.05, 0.1) is 0 Å². The number of aromatic nitrogens is 1. The van der Waals surface area contributed by atoms with Gasteiger partial charge in [0, 0.05) is 31.1 Å². The first-order valence-corrected chi connectivity index (χ1v) is 7.10. The Balaban J connectivity index is 2.07. The van der Waals surface area contributed by atoms with Crippen molar-refractivity contribution in [2.45, 2.75) is 25.4 Å². The molecule has 2 N–H and O–H groups in total. The third kappa shape index (κ3) is 2.88. The van der Waals surface area contributed by atoms with E-state index in [0.29, 0.717) is 18.3 Å². The van der Waals surface area contributed by atoms with E-state index in [1.165, 1.54) is 11.3 Å². The summed E-state index contributed by atoms with van der Waals surface area (Å²) in [5, 5.41) is 2.64. The average molecular weight is 268 g/mol. The molecule has 1 fully saturated rings. The van der Waals surface area contributed by atoms with E-state index in [1.54, 1.807) is 0 Å². The van der Waals surface area contributed by atoms with Gasteiger partial charge in [-0.15, -0.1) is 11.3 Å². The summed E-state index contributed by atoms with van der Waals surface area (Å²) in [5.41, 5.74) is 6.07. The van der Waals surface area contributed by atoms with Gasteiger partial charge >= 0.3 is 0 Å². The van der Waals surface area contributed by atoms with Gasteiger partial charge in [-0.2, -0.15) is 0 Å². The summed E-state index contributed by atoms with van der Waals surface area (Å²) >= 11 is 1.46. The number of likely N-dealkylation sites (tertiary alicyclic amines) is 1. The Morgan fingerprint density at radius 2 is 2.44 bits per heavy atom. The van der Waals surface area contributed by atoms with Gasteiger partial charge in [-0.3, -0.25) is 4.79 Å². The van der Waals surface area contributed by atoms with Gasteiger partial charge in [-0.05, 0) is 26.9 Å². The maximum absolute atomic E-state index is 12.4. The van der Waals surface area contributed by atoms with Crippen molar-refractivity contribution in [3.8, 4) is 0 Å². The summed E-state index contributed by atoms with van der Waals surface area (Å²) in [4.78, 5) is 20.7. The lowest BCUT2D eigenvalue weighted by Gasteiger charge is -2.26. The monoisotopic (exact) mass is 268 g/mol. The Labute approximate surface area is 112 Å². The molecule has 5 nitrogen and oxygen atoms in total. The molecule has 1 aliphatic heterocycles. The van der Waals surface area contributed by atoms with Crippen molar-refractivity contribution in [2.24, 2.45) is 5.73 Å². The fraction of sp³-hybridized carbons (Fsp3) is 0.667. The highest BCUT2D eigenvalue weighted by molar-refractivity contribution is 7.09. The molecule has 1 unspecified atom stereocenters. The molecule has 1 saturated heterocycles. The first-order chi connectivity index (χ1) is 8.61. The van der Waals surface area contributed by atoms with E-state index in [-0.39, 0.29) is 5.91 Å². The lowest BCUT2D eigenvalue weighted by molar-refractivity contribution is 0.0711. The molecule has 0 aromatic carbocycles. The lowest BCUT2D eigenvalue weighted by Crippen LogP contribution is -2.41. The van der Waals surface area contributed by atoms with Crippen molar-refractivity contribution in [3.63, 3.8) is 0 Å². The molecule has 1 aliphatic rings. The van der Waals surface area contributed by atoms with Crippen LogP contribution in [0.15, 0.2) is 5.38 Å².